The van der Waals surface area contributed by atoms with Crippen LogP contribution in [0.2, 0.25) is 0 Å². The van der Waals surface area contributed by atoms with Crippen molar-refractivity contribution in [2.24, 2.45) is 0 Å². The first kappa shape index (κ1) is 13.7. The molecule has 104 valence electrons. The summed E-state index contributed by atoms with van der Waals surface area (Å²) >= 11 is 0. The van der Waals surface area contributed by atoms with Crippen LogP contribution in [0, 0.1) is 0 Å². The number of benzene rings is 1. The van der Waals surface area contributed by atoms with Gasteiger partial charge in [0.25, 0.3) is 0 Å². The van der Waals surface area contributed by atoms with Gasteiger partial charge in [-0.1, -0.05) is 12.1 Å². The van der Waals surface area contributed by atoms with E-state index < -0.39 is 21.1 Å². The molecule has 0 amide bonds. The minimum Gasteiger partial charge on any atom is -0.382 e. The number of aromatic amines is 1. The first-order valence-corrected chi connectivity index (χ1v) is 7.05. The Balaban J connectivity index is 2.06. The molecule has 0 aliphatic heterocycles. The number of rotatable bonds is 4. The molecule has 4 nitrogen and oxygen atoms in total. The Morgan fingerprint density at radius 3 is 2.63 bits per heavy atom. The van der Waals surface area contributed by atoms with E-state index in [0.717, 1.165) is 10.9 Å². The Morgan fingerprint density at radius 1 is 1.21 bits per heavy atom. The van der Waals surface area contributed by atoms with Crippen molar-refractivity contribution < 1.29 is 21.6 Å². The van der Waals surface area contributed by atoms with Crippen molar-refractivity contribution >= 4 is 26.4 Å². The predicted octanol–water partition coefficient (Wildman–Crippen LogP) is 2.51. The largest absolute Gasteiger partial charge is 0.497 e. The molecule has 0 radical (unpaired) electrons. The highest BCUT2D eigenvalue weighted by atomic mass is 32.2. The lowest BCUT2D eigenvalue weighted by Crippen LogP contribution is -2.29. The number of anilines is 1. The third kappa shape index (κ3) is 2.83. The van der Waals surface area contributed by atoms with Crippen molar-refractivity contribution in [2.75, 3.05) is 17.6 Å². The number of nitrogens with one attached hydrogen (secondary N) is 2. The number of hydrogen-bond acceptors (Lipinski definition) is 3. The molecule has 1 aromatic carbocycles. The summed E-state index contributed by atoms with van der Waals surface area (Å²) in [5, 5.41) is 3.58. The first-order valence-electron chi connectivity index (χ1n) is 5.40. The van der Waals surface area contributed by atoms with Crippen LogP contribution in [-0.2, 0) is 9.84 Å². The minimum absolute atomic E-state index is 0.306. The molecule has 0 atom stereocenters. The zero-order valence-electron chi connectivity index (χ0n) is 9.66. The number of fused-ring (bicyclic) bond motifs is 1. The van der Waals surface area contributed by atoms with Crippen LogP contribution in [0.4, 0.5) is 18.9 Å². The molecule has 0 unspecified atom stereocenters. The van der Waals surface area contributed by atoms with Crippen molar-refractivity contribution in [3.63, 3.8) is 0 Å². The maximum Gasteiger partial charge on any atom is 0.497 e. The van der Waals surface area contributed by atoms with Crippen LogP contribution in [0.1, 0.15) is 0 Å². The number of halogens is 3. The highest BCUT2D eigenvalue weighted by Gasteiger charge is 2.44. The average molecular weight is 292 g/mol. The fraction of sp³-hybridized carbons (Fsp3) is 0.273. The van der Waals surface area contributed by atoms with Crippen LogP contribution in [0.3, 0.4) is 0 Å². The van der Waals surface area contributed by atoms with Crippen molar-refractivity contribution in [1.82, 2.24) is 4.98 Å². The van der Waals surface area contributed by atoms with Gasteiger partial charge in [0.15, 0.2) is 0 Å². The Kier molecular flexibility index (Phi) is 3.44. The van der Waals surface area contributed by atoms with Crippen molar-refractivity contribution in [1.29, 1.82) is 0 Å². The number of alkyl halides is 3. The predicted molar refractivity (Wildman–Crippen MR) is 66.6 cm³/mol. The lowest BCUT2D eigenvalue weighted by molar-refractivity contribution is -0.0434. The fourth-order valence-corrected chi connectivity index (χ4v) is 2.27. The van der Waals surface area contributed by atoms with Crippen molar-refractivity contribution in [3.8, 4) is 0 Å². The van der Waals surface area contributed by atoms with E-state index in [1.807, 2.05) is 12.1 Å². The van der Waals surface area contributed by atoms with Crippen LogP contribution >= 0.6 is 0 Å². The Morgan fingerprint density at radius 2 is 1.95 bits per heavy atom. The third-order valence-electron chi connectivity index (χ3n) is 2.63. The van der Waals surface area contributed by atoms with Gasteiger partial charge >= 0.3 is 5.51 Å². The third-order valence-corrected chi connectivity index (χ3v) is 4.07. The van der Waals surface area contributed by atoms with E-state index >= 15 is 0 Å². The van der Waals surface area contributed by atoms with E-state index in [9.17, 15) is 21.6 Å². The van der Waals surface area contributed by atoms with E-state index in [-0.39, 0.29) is 6.54 Å². The molecule has 2 rings (SSSR count). The molecule has 0 bridgehead atoms. The van der Waals surface area contributed by atoms with Gasteiger partial charge in [0.05, 0.1) is 17.0 Å². The van der Waals surface area contributed by atoms with E-state index in [0.29, 0.717) is 5.69 Å². The molecule has 0 saturated heterocycles. The van der Waals surface area contributed by atoms with Crippen molar-refractivity contribution in [2.45, 2.75) is 5.51 Å². The smallest absolute Gasteiger partial charge is 0.382 e. The molecule has 0 aliphatic carbocycles. The van der Waals surface area contributed by atoms with Gasteiger partial charge in [-0.2, -0.15) is 13.2 Å². The summed E-state index contributed by atoms with van der Waals surface area (Å²) in [6.45, 7) is -0.306. The quantitative estimate of drug-likeness (QED) is 0.910. The van der Waals surface area contributed by atoms with Crippen LogP contribution in [-0.4, -0.2) is 31.2 Å². The summed E-state index contributed by atoms with van der Waals surface area (Å²) in [6, 6.07) is 7.05. The SMILES string of the molecule is O=S(=O)(CCNc1cccc2cc[nH]c12)C(F)(F)F. The summed E-state index contributed by atoms with van der Waals surface area (Å²) in [5.41, 5.74) is -3.90. The topological polar surface area (TPSA) is 62.0 Å². The van der Waals surface area contributed by atoms with Gasteiger partial charge in [0.2, 0.25) is 9.84 Å². The van der Waals surface area contributed by atoms with Gasteiger partial charge in [-0.25, -0.2) is 8.42 Å². The summed E-state index contributed by atoms with van der Waals surface area (Å²) in [4.78, 5) is 2.93. The molecule has 0 aliphatic rings. The standard InChI is InChI=1S/C11H11F3N2O2S/c12-11(13,14)19(17,18)7-6-15-9-3-1-2-8-4-5-16-10(8)9/h1-5,15-16H,6-7H2. The van der Waals surface area contributed by atoms with E-state index in [4.69, 9.17) is 0 Å². The molecule has 0 spiro atoms. The van der Waals surface area contributed by atoms with Gasteiger partial charge in [-0.15, -0.1) is 0 Å². The Hall–Kier alpha value is -1.70. The molecule has 1 aromatic heterocycles. The Labute approximate surface area is 107 Å². The van der Waals surface area contributed by atoms with Gasteiger partial charge in [-0.05, 0) is 12.1 Å². The lowest BCUT2D eigenvalue weighted by Gasteiger charge is -2.10. The van der Waals surface area contributed by atoms with Gasteiger partial charge in [0, 0.05) is 18.1 Å². The van der Waals surface area contributed by atoms with Gasteiger partial charge < -0.3 is 10.3 Å². The summed E-state index contributed by atoms with van der Waals surface area (Å²) in [6.07, 6.45) is 1.70. The molecular formula is C11H11F3N2O2S. The molecule has 19 heavy (non-hydrogen) atoms. The number of para-hydroxylation sites is 1. The molecule has 0 saturated carbocycles. The van der Waals surface area contributed by atoms with Crippen molar-refractivity contribution in [3.05, 3.63) is 30.5 Å². The maximum absolute atomic E-state index is 12.1. The molecule has 8 heteroatoms. The van der Waals surface area contributed by atoms with Crippen LogP contribution in [0.25, 0.3) is 10.9 Å². The highest BCUT2D eigenvalue weighted by Crippen LogP contribution is 2.24. The number of sulfone groups is 1. The maximum atomic E-state index is 12.1. The molecule has 0 fully saturated rings. The highest BCUT2D eigenvalue weighted by molar-refractivity contribution is 7.92. The van der Waals surface area contributed by atoms with E-state index in [2.05, 4.69) is 10.3 Å². The first-order chi connectivity index (χ1) is 8.81. The second-order valence-corrected chi connectivity index (χ2v) is 6.04. The normalized spacial score (nSPS) is 12.8. The molecule has 2 aromatic rings. The van der Waals surface area contributed by atoms with Crippen LogP contribution in [0.15, 0.2) is 30.5 Å². The lowest BCUT2D eigenvalue weighted by atomic mass is 10.2. The number of aromatic nitrogens is 1. The zero-order chi connectivity index (χ0) is 14.1. The number of hydrogen-bond donors (Lipinski definition) is 2. The summed E-state index contributed by atoms with van der Waals surface area (Å²) in [5.74, 6) is -0.992. The second kappa shape index (κ2) is 4.76. The Bertz CT molecular complexity index is 677. The average Bonchev–Trinajstić information content (AvgIpc) is 2.76. The number of H-pyrrole nitrogens is 1. The fourth-order valence-electron chi connectivity index (χ4n) is 1.67. The van der Waals surface area contributed by atoms with Gasteiger partial charge in [-0.3, -0.25) is 0 Å². The minimum atomic E-state index is -5.20. The second-order valence-electron chi connectivity index (χ2n) is 3.94. The summed E-state index contributed by atoms with van der Waals surface area (Å²) < 4.78 is 58.2. The molecule has 1 heterocycles. The monoisotopic (exact) mass is 292 g/mol. The van der Waals surface area contributed by atoms with Crippen LogP contribution < -0.4 is 5.32 Å². The molecular weight excluding hydrogens is 281 g/mol. The molecule has 2 N–H and O–H groups in total. The van der Waals surface area contributed by atoms with Crippen LogP contribution in [0.5, 0.6) is 0 Å². The zero-order valence-corrected chi connectivity index (χ0v) is 10.5. The van der Waals surface area contributed by atoms with E-state index in [1.165, 1.54) is 0 Å². The van der Waals surface area contributed by atoms with E-state index in [1.54, 1.807) is 18.3 Å². The van der Waals surface area contributed by atoms with Gasteiger partial charge in [0.1, 0.15) is 0 Å². The summed E-state index contributed by atoms with van der Waals surface area (Å²) in [7, 11) is -5.08.